The van der Waals surface area contributed by atoms with Crippen molar-refractivity contribution in [3.05, 3.63) is 32.9 Å². The second kappa shape index (κ2) is 4.90. The molecule has 0 bridgehead atoms. The summed E-state index contributed by atoms with van der Waals surface area (Å²) in [6.07, 6.45) is 2.54. The highest BCUT2D eigenvalue weighted by molar-refractivity contribution is 4.93. The standard InChI is InChI=1S/C12H15FN2O4/c13-8-7-14(9-3-1-5-18-9)12(17)15(11(8)16)10-4-2-6-19-10/h7,9-10H,1-6H2/t9-,10-/m1/s1. The van der Waals surface area contributed by atoms with Gasteiger partial charge in [0.05, 0.1) is 6.20 Å². The zero-order chi connectivity index (χ0) is 13.4. The molecule has 0 radical (unpaired) electrons. The van der Waals surface area contributed by atoms with Gasteiger partial charge in [0.2, 0.25) is 5.82 Å². The second-order valence-electron chi connectivity index (χ2n) is 4.78. The highest BCUT2D eigenvalue weighted by Crippen LogP contribution is 2.23. The summed E-state index contributed by atoms with van der Waals surface area (Å²) in [5, 5.41) is 0. The summed E-state index contributed by atoms with van der Waals surface area (Å²) in [6, 6.07) is 0. The fourth-order valence-corrected chi connectivity index (χ4v) is 2.56. The maximum atomic E-state index is 13.7. The Bertz CT molecular complexity index is 582. The van der Waals surface area contributed by atoms with Crippen LogP contribution in [0.3, 0.4) is 0 Å². The zero-order valence-electron chi connectivity index (χ0n) is 10.4. The van der Waals surface area contributed by atoms with Gasteiger partial charge in [-0.3, -0.25) is 9.36 Å². The molecule has 2 saturated heterocycles. The Hall–Kier alpha value is -1.47. The normalized spacial score (nSPS) is 27.0. The van der Waals surface area contributed by atoms with Crippen molar-refractivity contribution in [2.24, 2.45) is 0 Å². The van der Waals surface area contributed by atoms with E-state index >= 15 is 0 Å². The van der Waals surface area contributed by atoms with Gasteiger partial charge >= 0.3 is 5.69 Å². The summed E-state index contributed by atoms with van der Waals surface area (Å²) >= 11 is 0. The van der Waals surface area contributed by atoms with E-state index in [0.29, 0.717) is 26.1 Å². The average molecular weight is 270 g/mol. The maximum absolute atomic E-state index is 13.7. The van der Waals surface area contributed by atoms with E-state index in [0.717, 1.165) is 28.2 Å². The molecule has 2 atom stereocenters. The Kier molecular flexibility index (Phi) is 3.24. The van der Waals surface area contributed by atoms with Gasteiger partial charge in [-0.25, -0.2) is 9.36 Å². The Morgan fingerprint density at radius 1 is 1.11 bits per heavy atom. The van der Waals surface area contributed by atoms with Gasteiger partial charge in [-0.1, -0.05) is 0 Å². The molecular formula is C12H15FN2O4. The summed E-state index contributed by atoms with van der Waals surface area (Å²) in [6.45, 7) is 1.02. The number of hydrogen-bond acceptors (Lipinski definition) is 4. The maximum Gasteiger partial charge on any atom is 0.335 e. The average Bonchev–Trinajstić information content (AvgIpc) is 3.06. The molecule has 1 aromatic heterocycles. The molecular weight excluding hydrogens is 255 g/mol. The molecule has 104 valence electrons. The SMILES string of the molecule is O=c1c(F)cn([C@H]2CCCO2)c(=O)n1[C@H]1CCCO1. The van der Waals surface area contributed by atoms with Crippen molar-refractivity contribution in [3.8, 4) is 0 Å². The van der Waals surface area contributed by atoms with E-state index in [1.165, 1.54) is 0 Å². The Labute approximate surface area is 108 Å². The molecule has 1 aromatic rings. The van der Waals surface area contributed by atoms with Gasteiger partial charge in [0.1, 0.15) is 12.5 Å². The molecule has 0 aromatic carbocycles. The van der Waals surface area contributed by atoms with Crippen LogP contribution in [0.2, 0.25) is 0 Å². The molecule has 6 nitrogen and oxygen atoms in total. The number of ether oxygens (including phenoxy) is 2. The number of aromatic nitrogens is 2. The number of hydrogen-bond donors (Lipinski definition) is 0. The van der Waals surface area contributed by atoms with Crippen molar-refractivity contribution >= 4 is 0 Å². The van der Waals surface area contributed by atoms with Crippen molar-refractivity contribution < 1.29 is 13.9 Å². The van der Waals surface area contributed by atoms with Crippen LogP contribution in [0, 0.1) is 5.82 Å². The lowest BCUT2D eigenvalue weighted by Gasteiger charge is -2.18. The molecule has 3 rings (SSSR count). The third-order valence-corrected chi connectivity index (χ3v) is 3.51. The highest BCUT2D eigenvalue weighted by atomic mass is 19.1. The molecule has 0 N–H and O–H groups in total. The van der Waals surface area contributed by atoms with Crippen LogP contribution in [-0.4, -0.2) is 22.3 Å². The molecule has 2 aliphatic rings. The van der Waals surface area contributed by atoms with Gasteiger partial charge in [0.25, 0.3) is 5.56 Å². The largest absolute Gasteiger partial charge is 0.358 e. The third-order valence-electron chi connectivity index (χ3n) is 3.51. The van der Waals surface area contributed by atoms with Gasteiger partial charge in [-0.2, -0.15) is 4.39 Å². The number of rotatable bonds is 2. The van der Waals surface area contributed by atoms with Crippen molar-refractivity contribution in [2.75, 3.05) is 13.2 Å². The van der Waals surface area contributed by atoms with Crippen LogP contribution in [0.15, 0.2) is 15.8 Å². The van der Waals surface area contributed by atoms with Crippen LogP contribution in [0.4, 0.5) is 4.39 Å². The van der Waals surface area contributed by atoms with Crippen LogP contribution in [0.25, 0.3) is 0 Å². The fraction of sp³-hybridized carbons (Fsp3) is 0.667. The quantitative estimate of drug-likeness (QED) is 0.796. The molecule has 19 heavy (non-hydrogen) atoms. The van der Waals surface area contributed by atoms with Crippen LogP contribution in [-0.2, 0) is 9.47 Å². The summed E-state index contributed by atoms with van der Waals surface area (Å²) < 4.78 is 26.4. The smallest absolute Gasteiger partial charge is 0.335 e. The van der Waals surface area contributed by atoms with Crippen molar-refractivity contribution in [2.45, 2.75) is 38.1 Å². The van der Waals surface area contributed by atoms with Gasteiger partial charge in [0.15, 0.2) is 0 Å². The van der Waals surface area contributed by atoms with E-state index in [1.807, 2.05) is 0 Å². The molecule has 0 amide bonds. The minimum absolute atomic E-state index is 0.479. The summed E-state index contributed by atoms with van der Waals surface area (Å²) in [5.74, 6) is -0.953. The Balaban J connectivity index is 2.11. The minimum Gasteiger partial charge on any atom is -0.358 e. The topological polar surface area (TPSA) is 62.5 Å². The van der Waals surface area contributed by atoms with E-state index in [2.05, 4.69) is 0 Å². The van der Waals surface area contributed by atoms with Crippen molar-refractivity contribution in [1.29, 1.82) is 0 Å². The van der Waals surface area contributed by atoms with Gasteiger partial charge < -0.3 is 9.47 Å². The molecule has 0 unspecified atom stereocenters. The predicted octanol–water partition coefficient (Wildman–Crippen LogP) is 0.767. The van der Waals surface area contributed by atoms with Crippen LogP contribution < -0.4 is 11.2 Å². The first-order valence-corrected chi connectivity index (χ1v) is 6.45. The van der Waals surface area contributed by atoms with E-state index in [-0.39, 0.29) is 0 Å². The van der Waals surface area contributed by atoms with Crippen LogP contribution in [0.1, 0.15) is 38.1 Å². The lowest BCUT2D eigenvalue weighted by Crippen LogP contribution is -2.44. The summed E-state index contributed by atoms with van der Waals surface area (Å²) in [5.41, 5.74) is -1.49. The minimum atomic E-state index is -0.953. The van der Waals surface area contributed by atoms with E-state index in [9.17, 15) is 14.0 Å². The first-order valence-electron chi connectivity index (χ1n) is 6.45. The molecule has 2 fully saturated rings. The molecule has 0 spiro atoms. The van der Waals surface area contributed by atoms with Gasteiger partial charge in [-0.15, -0.1) is 0 Å². The Morgan fingerprint density at radius 3 is 2.32 bits per heavy atom. The fourth-order valence-electron chi connectivity index (χ4n) is 2.56. The molecule has 7 heteroatoms. The van der Waals surface area contributed by atoms with Crippen LogP contribution in [0.5, 0.6) is 0 Å². The number of nitrogens with zero attached hydrogens (tertiary/aromatic N) is 2. The van der Waals surface area contributed by atoms with E-state index in [4.69, 9.17) is 9.47 Å². The van der Waals surface area contributed by atoms with E-state index in [1.54, 1.807) is 0 Å². The first kappa shape index (κ1) is 12.6. The monoisotopic (exact) mass is 270 g/mol. The second-order valence-corrected chi connectivity index (χ2v) is 4.78. The van der Waals surface area contributed by atoms with Crippen molar-refractivity contribution in [1.82, 2.24) is 9.13 Å². The van der Waals surface area contributed by atoms with Gasteiger partial charge in [0, 0.05) is 13.2 Å². The lowest BCUT2D eigenvalue weighted by molar-refractivity contribution is 0.0301. The first-order chi connectivity index (χ1) is 9.18. The molecule has 2 aliphatic heterocycles. The summed E-state index contributed by atoms with van der Waals surface area (Å²) in [7, 11) is 0. The van der Waals surface area contributed by atoms with E-state index < -0.39 is 29.5 Å². The Morgan fingerprint density at radius 2 is 1.74 bits per heavy atom. The molecule has 3 heterocycles. The highest BCUT2D eigenvalue weighted by Gasteiger charge is 2.27. The molecule has 0 saturated carbocycles. The van der Waals surface area contributed by atoms with Crippen LogP contribution >= 0.6 is 0 Å². The predicted molar refractivity (Wildman–Crippen MR) is 63.4 cm³/mol. The van der Waals surface area contributed by atoms with Gasteiger partial charge in [-0.05, 0) is 25.7 Å². The van der Waals surface area contributed by atoms with Crippen molar-refractivity contribution in [3.63, 3.8) is 0 Å². The summed E-state index contributed by atoms with van der Waals surface area (Å²) in [4.78, 5) is 24.1. The number of halogens is 1. The molecule has 0 aliphatic carbocycles. The lowest BCUT2D eigenvalue weighted by atomic mass is 10.3. The zero-order valence-corrected chi connectivity index (χ0v) is 10.4. The third kappa shape index (κ3) is 2.12.